The van der Waals surface area contributed by atoms with Gasteiger partial charge in [-0.2, -0.15) is 0 Å². The molecule has 1 N–H and O–H groups in total. The second-order valence-corrected chi connectivity index (χ2v) is 7.66. The maximum absolute atomic E-state index is 6.07. The number of nitrogens with zero attached hydrogens (tertiary/aromatic N) is 2. The predicted molar refractivity (Wildman–Crippen MR) is 114 cm³/mol. The molecule has 0 fully saturated rings. The second-order valence-electron chi connectivity index (χ2n) is 6.16. The predicted octanol–water partition coefficient (Wildman–Crippen LogP) is 6.02. The summed E-state index contributed by atoms with van der Waals surface area (Å²) >= 11 is 7.67. The highest BCUT2D eigenvalue weighted by atomic mass is 35.5. The van der Waals surface area contributed by atoms with Gasteiger partial charge in [-0.3, -0.25) is 5.10 Å². The summed E-state index contributed by atoms with van der Waals surface area (Å²) < 4.78 is 5.21. The summed E-state index contributed by atoms with van der Waals surface area (Å²) in [6.45, 7) is 0. The van der Waals surface area contributed by atoms with Gasteiger partial charge >= 0.3 is 0 Å². The van der Waals surface area contributed by atoms with Crippen LogP contribution in [0.15, 0.2) is 84.0 Å². The molecule has 4 nitrogen and oxygen atoms in total. The van der Waals surface area contributed by atoms with Crippen molar-refractivity contribution in [3.8, 4) is 17.1 Å². The Balaban J connectivity index is 1.62. The van der Waals surface area contributed by atoms with Crippen LogP contribution in [0.2, 0.25) is 5.02 Å². The molecule has 1 heterocycles. The highest BCUT2D eigenvalue weighted by Crippen LogP contribution is 2.39. The molecular weight excluding hydrogens is 390 g/mol. The van der Waals surface area contributed by atoms with Crippen molar-refractivity contribution in [2.24, 2.45) is 0 Å². The third-order valence-electron chi connectivity index (χ3n) is 4.33. The monoisotopic (exact) mass is 407 g/mol. The number of thioether (sulfide) groups is 1. The van der Waals surface area contributed by atoms with Crippen LogP contribution < -0.4 is 4.74 Å². The molecule has 0 aliphatic carbocycles. The van der Waals surface area contributed by atoms with E-state index in [9.17, 15) is 0 Å². The SMILES string of the molecule is COc1ccc(-c2nc(S[C@H](c3ccccc3)c3ccc(Cl)cc3)n[nH]2)cc1. The largest absolute Gasteiger partial charge is 0.497 e. The van der Waals surface area contributed by atoms with Gasteiger partial charge in [0.15, 0.2) is 5.82 Å². The Kier molecular flexibility index (Phi) is 5.65. The van der Waals surface area contributed by atoms with E-state index in [1.54, 1.807) is 18.9 Å². The topological polar surface area (TPSA) is 50.8 Å². The summed E-state index contributed by atoms with van der Waals surface area (Å²) in [5.74, 6) is 1.54. The van der Waals surface area contributed by atoms with Gasteiger partial charge in [-0.25, -0.2) is 4.98 Å². The summed E-state index contributed by atoms with van der Waals surface area (Å²) in [6.07, 6.45) is 0. The van der Waals surface area contributed by atoms with Crippen molar-refractivity contribution in [2.45, 2.75) is 10.4 Å². The molecule has 0 spiro atoms. The molecule has 3 aromatic carbocycles. The average molecular weight is 408 g/mol. The quantitative estimate of drug-likeness (QED) is 0.397. The van der Waals surface area contributed by atoms with Gasteiger partial charge in [0.2, 0.25) is 5.16 Å². The Hall–Kier alpha value is -2.76. The molecule has 4 aromatic rings. The first-order chi connectivity index (χ1) is 13.7. The van der Waals surface area contributed by atoms with Gasteiger partial charge in [-0.15, -0.1) is 5.10 Å². The van der Waals surface area contributed by atoms with Crippen LogP contribution in [0.1, 0.15) is 16.4 Å². The van der Waals surface area contributed by atoms with Crippen molar-refractivity contribution >= 4 is 23.4 Å². The molecule has 0 bridgehead atoms. The summed E-state index contributed by atoms with van der Waals surface area (Å²) in [5.41, 5.74) is 3.30. The van der Waals surface area contributed by atoms with Gasteiger partial charge in [-0.05, 0) is 47.5 Å². The number of halogens is 1. The Morgan fingerprint density at radius 3 is 2.25 bits per heavy atom. The summed E-state index contributed by atoms with van der Waals surface area (Å²) in [4.78, 5) is 4.67. The first-order valence-electron chi connectivity index (χ1n) is 8.77. The van der Waals surface area contributed by atoms with Crippen LogP contribution >= 0.6 is 23.4 Å². The van der Waals surface area contributed by atoms with Crippen molar-refractivity contribution in [3.63, 3.8) is 0 Å². The summed E-state index contributed by atoms with van der Waals surface area (Å²) in [7, 11) is 1.65. The third kappa shape index (κ3) is 4.21. The van der Waals surface area contributed by atoms with Crippen LogP contribution in [0.25, 0.3) is 11.4 Å². The lowest BCUT2D eigenvalue weighted by atomic mass is 10.0. The summed E-state index contributed by atoms with van der Waals surface area (Å²) in [6, 6.07) is 26.0. The van der Waals surface area contributed by atoms with Crippen LogP contribution in [-0.2, 0) is 0 Å². The fourth-order valence-electron chi connectivity index (χ4n) is 2.88. The molecule has 0 radical (unpaired) electrons. The molecule has 0 amide bonds. The molecule has 0 aliphatic rings. The van der Waals surface area contributed by atoms with E-state index in [1.807, 2.05) is 66.7 Å². The van der Waals surface area contributed by atoms with E-state index in [2.05, 4.69) is 27.3 Å². The number of hydrogen-bond donors (Lipinski definition) is 1. The number of aromatic nitrogens is 3. The van der Waals surface area contributed by atoms with Crippen molar-refractivity contribution in [3.05, 3.63) is 95.0 Å². The maximum Gasteiger partial charge on any atom is 0.209 e. The van der Waals surface area contributed by atoms with Crippen molar-refractivity contribution in [1.29, 1.82) is 0 Å². The van der Waals surface area contributed by atoms with Gasteiger partial charge < -0.3 is 4.74 Å². The zero-order chi connectivity index (χ0) is 19.3. The molecule has 0 aliphatic heterocycles. The van der Waals surface area contributed by atoms with Crippen molar-refractivity contribution in [1.82, 2.24) is 15.2 Å². The molecule has 4 rings (SSSR count). The molecule has 0 saturated heterocycles. The fourth-order valence-corrected chi connectivity index (χ4v) is 4.04. The van der Waals surface area contributed by atoms with Crippen LogP contribution in [0, 0.1) is 0 Å². The number of ether oxygens (including phenoxy) is 1. The number of benzene rings is 3. The maximum atomic E-state index is 6.07. The Labute approximate surface area is 172 Å². The van der Waals surface area contributed by atoms with Crippen LogP contribution in [0.3, 0.4) is 0 Å². The van der Waals surface area contributed by atoms with Gasteiger partial charge in [-0.1, -0.05) is 65.8 Å². The van der Waals surface area contributed by atoms with Crippen LogP contribution in [0.5, 0.6) is 5.75 Å². The third-order valence-corrected chi connectivity index (χ3v) is 5.75. The van der Waals surface area contributed by atoms with E-state index in [0.29, 0.717) is 5.16 Å². The number of methoxy groups -OCH3 is 1. The highest BCUT2D eigenvalue weighted by molar-refractivity contribution is 7.99. The van der Waals surface area contributed by atoms with Crippen LogP contribution in [0.4, 0.5) is 0 Å². The Morgan fingerprint density at radius 2 is 1.57 bits per heavy atom. The molecule has 0 saturated carbocycles. The number of H-pyrrole nitrogens is 1. The normalized spacial score (nSPS) is 11.9. The summed E-state index contributed by atoms with van der Waals surface area (Å²) in [5, 5.41) is 8.93. The number of hydrogen-bond acceptors (Lipinski definition) is 4. The van der Waals surface area contributed by atoms with Crippen molar-refractivity contribution < 1.29 is 4.74 Å². The smallest absolute Gasteiger partial charge is 0.209 e. The second kappa shape index (κ2) is 8.50. The fraction of sp³-hybridized carbons (Fsp3) is 0.0909. The van der Waals surface area contributed by atoms with Crippen LogP contribution in [-0.4, -0.2) is 22.3 Å². The lowest BCUT2D eigenvalue weighted by Crippen LogP contribution is -1.97. The molecule has 1 atom stereocenters. The molecule has 28 heavy (non-hydrogen) atoms. The minimum absolute atomic E-state index is 0.0676. The first kappa shape index (κ1) is 18.6. The number of nitrogens with one attached hydrogen (secondary N) is 1. The number of aromatic amines is 1. The highest BCUT2D eigenvalue weighted by Gasteiger charge is 2.18. The van der Waals surface area contributed by atoms with E-state index in [-0.39, 0.29) is 5.25 Å². The van der Waals surface area contributed by atoms with Gasteiger partial charge in [0.05, 0.1) is 12.4 Å². The van der Waals surface area contributed by atoms with Gasteiger partial charge in [0, 0.05) is 10.6 Å². The minimum atomic E-state index is 0.0676. The Morgan fingerprint density at radius 1 is 0.893 bits per heavy atom. The lowest BCUT2D eigenvalue weighted by Gasteiger charge is -2.16. The van der Waals surface area contributed by atoms with Crippen molar-refractivity contribution in [2.75, 3.05) is 7.11 Å². The molecule has 1 aromatic heterocycles. The standard InChI is InChI=1S/C22H18ClN3OS/c1-27-19-13-9-17(10-14-19)21-24-22(26-25-21)28-20(15-5-3-2-4-6-15)16-7-11-18(23)12-8-16/h2-14,20H,1H3,(H,24,25,26)/t20-/m1/s1. The van der Waals surface area contributed by atoms with E-state index < -0.39 is 0 Å². The molecule has 0 unspecified atom stereocenters. The lowest BCUT2D eigenvalue weighted by molar-refractivity contribution is 0.415. The van der Waals surface area contributed by atoms with Gasteiger partial charge in [0.25, 0.3) is 0 Å². The van der Waals surface area contributed by atoms with E-state index in [0.717, 1.165) is 27.7 Å². The zero-order valence-corrected chi connectivity index (χ0v) is 16.7. The van der Waals surface area contributed by atoms with E-state index in [4.69, 9.17) is 16.3 Å². The number of rotatable bonds is 6. The van der Waals surface area contributed by atoms with E-state index in [1.165, 1.54) is 5.56 Å². The molecular formula is C22H18ClN3OS. The average Bonchev–Trinajstić information content (AvgIpc) is 3.22. The molecule has 140 valence electrons. The Bertz CT molecular complexity index is 1030. The first-order valence-corrected chi connectivity index (χ1v) is 10.0. The molecule has 6 heteroatoms. The van der Waals surface area contributed by atoms with Gasteiger partial charge in [0.1, 0.15) is 5.75 Å². The van der Waals surface area contributed by atoms with E-state index >= 15 is 0 Å². The minimum Gasteiger partial charge on any atom is -0.497 e. The zero-order valence-electron chi connectivity index (χ0n) is 15.2.